The molecule has 0 spiro atoms. The van der Waals surface area contributed by atoms with Gasteiger partial charge in [0, 0.05) is 32.2 Å². The van der Waals surface area contributed by atoms with Gasteiger partial charge < -0.3 is 20.3 Å². The molecule has 0 aliphatic heterocycles. The van der Waals surface area contributed by atoms with Crippen molar-refractivity contribution in [2.75, 3.05) is 32.6 Å². The van der Waals surface area contributed by atoms with Gasteiger partial charge in [0.1, 0.15) is 5.75 Å². The molecule has 0 heterocycles. The van der Waals surface area contributed by atoms with Crippen LogP contribution in [0.1, 0.15) is 24.8 Å². The lowest BCUT2D eigenvalue weighted by Gasteiger charge is -2.16. The van der Waals surface area contributed by atoms with Gasteiger partial charge >= 0.3 is 6.03 Å². The molecule has 144 valence electrons. The molecule has 3 amide bonds. The highest BCUT2D eigenvalue weighted by Gasteiger charge is 2.11. The Bertz CT molecular complexity index is 730. The molecule has 0 saturated heterocycles. The number of hydrogen-bond acceptors (Lipinski definition) is 3. The third-order valence-electron chi connectivity index (χ3n) is 4.25. The summed E-state index contributed by atoms with van der Waals surface area (Å²) >= 11 is 0. The molecule has 0 unspecified atom stereocenters. The Morgan fingerprint density at radius 1 is 1.04 bits per heavy atom. The highest BCUT2D eigenvalue weighted by atomic mass is 16.5. The van der Waals surface area contributed by atoms with Crippen molar-refractivity contribution in [3.8, 4) is 5.75 Å². The zero-order valence-corrected chi connectivity index (χ0v) is 16.1. The third-order valence-corrected chi connectivity index (χ3v) is 4.25. The van der Waals surface area contributed by atoms with E-state index >= 15 is 0 Å². The molecule has 2 rings (SSSR count). The lowest BCUT2D eigenvalue weighted by Crippen LogP contribution is -2.32. The van der Waals surface area contributed by atoms with Crippen LogP contribution < -0.4 is 15.4 Å². The van der Waals surface area contributed by atoms with E-state index in [1.165, 1.54) is 10.5 Å². The number of hydrogen-bond donors (Lipinski definition) is 2. The Hall–Kier alpha value is -3.02. The van der Waals surface area contributed by atoms with Gasteiger partial charge in [-0.25, -0.2) is 4.79 Å². The Labute approximate surface area is 160 Å². The molecule has 0 aliphatic rings. The summed E-state index contributed by atoms with van der Waals surface area (Å²) in [5.41, 5.74) is 1.88. The van der Waals surface area contributed by atoms with E-state index in [4.69, 9.17) is 4.74 Å². The van der Waals surface area contributed by atoms with Gasteiger partial charge in [-0.05, 0) is 36.2 Å². The van der Waals surface area contributed by atoms with Crippen LogP contribution in [0.3, 0.4) is 0 Å². The second-order valence-corrected chi connectivity index (χ2v) is 6.45. The summed E-state index contributed by atoms with van der Waals surface area (Å²) < 4.78 is 5.41. The van der Waals surface area contributed by atoms with E-state index in [0.717, 1.165) is 6.42 Å². The number of likely N-dealkylation sites (N-methyl/N-ethyl adjacent to an activating group) is 1. The highest BCUT2D eigenvalue weighted by Crippen LogP contribution is 2.18. The fraction of sp³-hybridized carbons (Fsp3) is 0.333. The fourth-order valence-electron chi connectivity index (χ4n) is 2.52. The largest absolute Gasteiger partial charge is 0.484 e. The van der Waals surface area contributed by atoms with Gasteiger partial charge in [-0.1, -0.05) is 37.3 Å². The molecule has 0 fully saturated rings. The number of amides is 3. The van der Waals surface area contributed by atoms with E-state index in [1.54, 1.807) is 38.4 Å². The van der Waals surface area contributed by atoms with Crippen LogP contribution in [-0.2, 0) is 4.79 Å². The molecule has 27 heavy (non-hydrogen) atoms. The molecular formula is C21H27N3O3. The molecule has 0 aromatic heterocycles. The van der Waals surface area contributed by atoms with E-state index in [1.807, 2.05) is 18.2 Å². The van der Waals surface area contributed by atoms with Crippen molar-refractivity contribution < 1.29 is 14.3 Å². The van der Waals surface area contributed by atoms with Gasteiger partial charge in [0.25, 0.3) is 5.91 Å². The van der Waals surface area contributed by atoms with Gasteiger partial charge in [-0.2, -0.15) is 0 Å². The van der Waals surface area contributed by atoms with Crippen molar-refractivity contribution in [3.63, 3.8) is 0 Å². The maximum Gasteiger partial charge on any atom is 0.319 e. The van der Waals surface area contributed by atoms with Crippen molar-refractivity contribution >= 4 is 17.6 Å². The van der Waals surface area contributed by atoms with Gasteiger partial charge in [0.05, 0.1) is 0 Å². The second-order valence-electron chi connectivity index (χ2n) is 6.45. The minimum absolute atomic E-state index is 0.0157. The number of carbonyl (C=O) groups is 2. The smallest absolute Gasteiger partial charge is 0.319 e. The average Bonchev–Trinajstić information content (AvgIpc) is 2.68. The molecule has 1 atom stereocenters. The maximum atomic E-state index is 12.1. The van der Waals surface area contributed by atoms with E-state index in [0.29, 0.717) is 18.0 Å². The van der Waals surface area contributed by atoms with Crippen molar-refractivity contribution in [2.24, 2.45) is 0 Å². The summed E-state index contributed by atoms with van der Waals surface area (Å²) in [6, 6.07) is 16.8. The first-order valence-corrected chi connectivity index (χ1v) is 9.02. The molecule has 0 radical (unpaired) electrons. The summed E-state index contributed by atoms with van der Waals surface area (Å²) in [7, 11) is 3.36. The lowest BCUT2D eigenvalue weighted by atomic mass is 9.97. The summed E-state index contributed by atoms with van der Waals surface area (Å²) in [6.45, 7) is 2.66. The number of ether oxygens (including phenoxy) is 1. The van der Waals surface area contributed by atoms with Gasteiger partial charge in [-0.15, -0.1) is 0 Å². The number of benzene rings is 2. The van der Waals surface area contributed by atoms with E-state index in [-0.39, 0.29) is 24.5 Å². The maximum absolute atomic E-state index is 12.1. The molecule has 0 bridgehead atoms. The van der Waals surface area contributed by atoms with Crippen LogP contribution in [0.15, 0.2) is 54.6 Å². The first-order chi connectivity index (χ1) is 13.0. The first kappa shape index (κ1) is 20.3. The summed E-state index contributed by atoms with van der Waals surface area (Å²) in [5.74, 6) is 0.744. The molecular weight excluding hydrogens is 342 g/mol. The molecule has 6 heteroatoms. The quantitative estimate of drug-likeness (QED) is 0.748. The number of carbonyl (C=O) groups excluding carboxylic acids is 2. The van der Waals surface area contributed by atoms with Gasteiger partial charge in [-0.3, -0.25) is 4.79 Å². The Morgan fingerprint density at radius 3 is 2.30 bits per heavy atom. The van der Waals surface area contributed by atoms with Crippen LogP contribution in [-0.4, -0.2) is 44.1 Å². The number of rotatable bonds is 8. The Kier molecular flexibility index (Phi) is 7.67. The minimum Gasteiger partial charge on any atom is -0.484 e. The minimum atomic E-state index is -0.249. The summed E-state index contributed by atoms with van der Waals surface area (Å²) in [5, 5.41) is 5.72. The SMILES string of the molecule is CC[C@@H](CNC(=O)Nc1ccc(OCC(=O)N(C)C)cc1)c1ccccc1. The molecule has 2 aromatic rings. The zero-order chi connectivity index (χ0) is 19.6. The van der Waals surface area contributed by atoms with Crippen molar-refractivity contribution in [1.82, 2.24) is 10.2 Å². The third kappa shape index (κ3) is 6.66. The van der Waals surface area contributed by atoms with Gasteiger partial charge in [0.2, 0.25) is 0 Å². The lowest BCUT2D eigenvalue weighted by molar-refractivity contribution is -0.130. The van der Waals surface area contributed by atoms with Crippen LogP contribution in [0.5, 0.6) is 5.75 Å². The predicted molar refractivity (Wildman–Crippen MR) is 107 cm³/mol. The zero-order valence-electron chi connectivity index (χ0n) is 16.1. The fourth-order valence-corrected chi connectivity index (χ4v) is 2.52. The second kappa shape index (κ2) is 10.2. The number of urea groups is 1. The molecule has 2 aromatic carbocycles. The topological polar surface area (TPSA) is 70.7 Å². The molecule has 0 saturated carbocycles. The van der Waals surface area contributed by atoms with E-state index in [9.17, 15) is 9.59 Å². The normalized spacial score (nSPS) is 11.4. The molecule has 6 nitrogen and oxygen atoms in total. The standard InChI is InChI=1S/C21H27N3O3/c1-4-16(17-8-6-5-7-9-17)14-22-21(26)23-18-10-12-19(13-11-18)27-15-20(25)24(2)3/h5-13,16H,4,14-15H2,1-3H3,(H2,22,23,26)/t16-/m0/s1. The van der Waals surface area contributed by atoms with Crippen LogP contribution in [0.25, 0.3) is 0 Å². The highest BCUT2D eigenvalue weighted by molar-refractivity contribution is 5.89. The Balaban J connectivity index is 1.80. The van der Waals surface area contributed by atoms with Crippen LogP contribution >= 0.6 is 0 Å². The van der Waals surface area contributed by atoms with Crippen LogP contribution in [0.4, 0.5) is 10.5 Å². The molecule has 0 aliphatic carbocycles. The summed E-state index contributed by atoms with van der Waals surface area (Å²) in [4.78, 5) is 25.1. The first-order valence-electron chi connectivity index (χ1n) is 9.02. The van der Waals surface area contributed by atoms with Gasteiger partial charge in [0.15, 0.2) is 6.61 Å². The average molecular weight is 369 g/mol. The van der Waals surface area contributed by atoms with E-state index in [2.05, 4.69) is 29.7 Å². The number of nitrogens with one attached hydrogen (secondary N) is 2. The number of nitrogens with zero attached hydrogens (tertiary/aromatic N) is 1. The van der Waals surface area contributed by atoms with Crippen LogP contribution in [0.2, 0.25) is 0 Å². The predicted octanol–water partition coefficient (Wildman–Crippen LogP) is 3.47. The van der Waals surface area contributed by atoms with Crippen molar-refractivity contribution in [1.29, 1.82) is 0 Å². The monoisotopic (exact) mass is 369 g/mol. The Morgan fingerprint density at radius 2 is 1.70 bits per heavy atom. The summed E-state index contributed by atoms with van der Waals surface area (Å²) in [6.07, 6.45) is 0.946. The number of anilines is 1. The van der Waals surface area contributed by atoms with Crippen molar-refractivity contribution in [3.05, 3.63) is 60.2 Å². The van der Waals surface area contributed by atoms with E-state index < -0.39 is 0 Å². The van der Waals surface area contributed by atoms with Crippen molar-refractivity contribution in [2.45, 2.75) is 19.3 Å². The van der Waals surface area contributed by atoms with Crippen LogP contribution in [0, 0.1) is 0 Å². The molecule has 2 N–H and O–H groups in total.